The molecule has 0 aliphatic heterocycles. The minimum Gasteiger partial charge on any atom is -0.480 e. The Labute approximate surface area is 188 Å². The van der Waals surface area contributed by atoms with Gasteiger partial charge in [0, 0.05) is 5.92 Å². The summed E-state index contributed by atoms with van der Waals surface area (Å²) in [6, 6.07) is 14.8. The zero-order valence-corrected chi connectivity index (χ0v) is 17.8. The van der Waals surface area contributed by atoms with E-state index in [1.807, 2.05) is 48.5 Å². The number of carbonyl (C=O) groups is 3. The molecule has 0 bridgehead atoms. The number of rotatable bonds is 8. The van der Waals surface area contributed by atoms with Gasteiger partial charge in [-0.3, -0.25) is 10.1 Å². The molecule has 3 N–H and O–H groups in total. The maximum absolute atomic E-state index is 12.4. The first-order chi connectivity index (χ1) is 16.0. The van der Waals surface area contributed by atoms with Crippen molar-refractivity contribution < 1.29 is 28.9 Å². The number of hydrogen-bond donors (Lipinski definition) is 3. The molecule has 0 saturated heterocycles. The summed E-state index contributed by atoms with van der Waals surface area (Å²) >= 11 is 0. The molecule has 1 heterocycles. The predicted molar refractivity (Wildman–Crippen MR) is 117 cm³/mol. The second-order valence-corrected chi connectivity index (χ2v) is 7.56. The Hall–Kier alpha value is -4.21. The van der Waals surface area contributed by atoms with E-state index in [-0.39, 0.29) is 30.5 Å². The molecule has 0 spiro atoms. The van der Waals surface area contributed by atoms with Crippen LogP contribution in [0.3, 0.4) is 0 Å². The molecule has 1 aromatic heterocycles. The van der Waals surface area contributed by atoms with Crippen LogP contribution in [0.2, 0.25) is 0 Å². The van der Waals surface area contributed by atoms with Gasteiger partial charge in [-0.25, -0.2) is 14.2 Å². The van der Waals surface area contributed by atoms with Gasteiger partial charge in [0.25, 0.3) is 5.91 Å². The minimum atomic E-state index is -1.17. The van der Waals surface area contributed by atoms with Crippen LogP contribution in [0.5, 0.6) is 0 Å². The van der Waals surface area contributed by atoms with E-state index >= 15 is 0 Å². The van der Waals surface area contributed by atoms with Gasteiger partial charge < -0.3 is 15.2 Å². The van der Waals surface area contributed by atoms with Gasteiger partial charge in [-0.2, -0.15) is 0 Å². The molecule has 1 atom stereocenters. The lowest BCUT2D eigenvalue weighted by atomic mass is 9.98. The molecule has 0 saturated carbocycles. The molecule has 2 aromatic carbocycles. The number of anilines is 1. The molecular formula is C23H22N4O6. The molecule has 170 valence electrons. The minimum absolute atomic E-state index is 0.0737. The van der Waals surface area contributed by atoms with Crippen LogP contribution < -0.4 is 10.6 Å². The van der Waals surface area contributed by atoms with Gasteiger partial charge in [0.15, 0.2) is 0 Å². The van der Waals surface area contributed by atoms with Gasteiger partial charge in [0.05, 0.1) is 0 Å². The van der Waals surface area contributed by atoms with E-state index in [9.17, 15) is 19.5 Å². The highest BCUT2D eigenvalue weighted by molar-refractivity contribution is 6.01. The molecule has 1 aliphatic carbocycles. The van der Waals surface area contributed by atoms with Crippen molar-refractivity contribution in [1.29, 1.82) is 0 Å². The van der Waals surface area contributed by atoms with Crippen molar-refractivity contribution in [3.63, 3.8) is 0 Å². The van der Waals surface area contributed by atoms with Gasteiger partial charge in [0.1, 0.15) is 12.6 Å². The molecule has 4 rings (SSSR count). The third-order valence-electron chi connectivity index (χ3n) is 5.45. The second-order valence-electron chi connectivity index (χ2n) is 7.56. The van der Waals surface area contributed by atoms with Gasteiger partial charge in [-0.05, 0) is 39.0 Å². The molecule has 10 nitrogen and oxygen atoms in total. The van der Waals surface area contributed by atoms with Gasteiger partial charge in [-0.15, -0.1) is 0 Å². The van der Waals surface area contributed by atoms with Crippen molar-refractivity contribution >= 4 is 23.8 Å². The number of aliphatic carboxylic acids is 1. The number of nitrogens with one attached hydrogen (secondary N) is 2. The maximum Gasteiger partial charge on any atom is 0.412 e. The number of carboxylic acids is 1. The highest BCUT2D eigenvalue weighted by Gasteiger charge is 2.30. The highest BCUT2D eigenvalue weighted by atomic mass is 16.6. The lowest BCUT2D eigenvalue weighted by Gasteiger charge is -2.14. The van der Waals surface area contributed by atoms with Gasteiger partial charge in [-0.1, -0.05) is 61.9 Å². The van der Waals surface area contributed by atoms with E-state index in [0.717, 1.165) is 22.3 Å². The fourth-order valence-electron chi connectivity index (χ4n) is 3.92. The van der Waals surface area contributed by atoms with Crippen molar-refractivity contribution in [2.75, 3.05) is 11.9 Å². The number of aromatic nitrogens is 2. The van der Waals surface area contributed by atoms with E-state index in [4.69, 9.17) is 4.74 Å². The Bertz CT molecular complexity index is 1150. The summed E-state index contributed by atoms with van der Waals surface area (Å²) in [6.45, 7) is 1.87. The number of carbonyl (C=O) groups excluding carboxylic acids is 2. The number of fused-ring (bicyclic) bond motifs is 3. The molecule has 1 aliphatic rings. The zero-order valence-electron chi connectivity index (χ0n) is 17.8. The van der Waals surface area contributed by atoms with Crippen LogP contribution in [0.15, 0.2) is 53.2 Å². The van der Waals surface area contributed by atoms with Crippen LogP contribution in [-0.4, -0.2) is 46.0 Å². The molecule has 33 heavy (non-hydrogen) atoms. The topological polar surface area (TPSA) is 144 Å². The largest absolute Gasteiger partial charge is 0.480 e. The Morgan fingerprint density at radius 2 is 1.70 bits per heavy atom. The third-order valence-corrected chi connectivity index (χ3v) is 5.45. The zero-order chi connectivity index (χ0) is 23.4. The first-order valence-electron chi connectivity index (χ1n) is 10.5. The normalized spacial score (nSPS) is 13.0. The number of hydrogen-bond acceptors (Lipinski definition) is 7. The molecule has 1 unspecified atom stereocenters. The maximum atomic E-state index is 12.4. The summed E-state index contributed by atoms with van der Waals surface area (Å²) in [4.78, 5) is 36.1. The van der Waals surface area contributed by atoms with E-state index in [2.05, 4.69) is 25.6 Å². The summed E-state index contributed by atoms with van der Waals surface area (Å²) in [6.07, 6.45) is -0.0503. The van der Waals surface area contributed by atoms with Crippen molar-refractivity contribution in [1.82, 2.24) is 15.6 Å². The summed E-state index contributed by atoms with van der Waals surface area (Å²) < 4.78 is 9.98. The third kappa shape index (κ3) is 4.54. The Kier molecular flexibility index (Phi) is 6.34. The lowest BCUT2D eigenvalue weighted by molar-refractivity contribution is -0.139. The smallest absolute Gasteiger partial charge is 0.412 e. The van der Waals surface area contributed by atoms with Gasteiger partial charge in [0.2, 0.25) is 11.5 Å². The van der Waals surface area contributed by atoms with Crippen LogP contribution in [0.25, 0.3) is 11.1 Å². The first kappa shape index (κ1) is 22.0. The summed E-state index contributed by atoms with van der Waals surface area (Å²) in [5.74, 6) is -2.39. The summed E-state index contributed by atoms with van der Waals surface area (Å²) in [7, 11) is 0. The molecule has 0 radical (unpaired) electrons. The average Bonchev–Trinajstić information content (AvgIpc) is 3.40. The molecule has 2 amide bonds. The number of amides is 2. The van der Waals surface area contributed by atoms with Crippen LogP contribution in [0.1, 0.15) is 47.3 Å². The molecule has 10 heteroatoms. The Morgan fingerprint density at radius 1 is 1.06 bits per heavy atom. The van der Waals surface area contributed by atoms with Crippen molar-refractivity contribution in [3.8, 4) is 11.1 Å². The average molecular weight is 450 g/mol. The van der Waals surface area contributed by atoms with Gasteiger partial charge >= 0.3 is 12.1 Å². The monoisotopic (exact) mass is 450 g/mol. The summed E-state index contributed by atoms with van der Waals surface area (Å²) in [5.41, 5.74) is 3.98. The second kappa shape index (κ2) is 9.51. The quantitative estimate of drug-likeness (QED) is 0.474. The van der Waals surface area contributed by atoms with Crippen molar-refractivity contribution in [3.05, 3.63) is 65.4 Å². The SMILES string of the molecule is CCCC(NC(=O)c1nonc1NC(=O)OCC1c2ccccc2-c2ccccc21)C(=O)O. The Balaban J connectivity index is 1.41. The fraction of sp³-hybridized carbons (Fsp3) is 0.261. The number of ether oxygens (including phenoxy) is 1. The number of benzene rings is 2. The first-order valence-corrected chi connectivity index (χ1v) is 10.5. The van der Waals surface area contributed by atoms with Crippen LogP contribution in [0, 0.1) is 0 Å². The van der Waals surface area contributed by atoms with Crippen molar-refractivity contribution in [2.45, 2.75) is 31.7 Å². The van der Waals surface area contributed by atoms with E-state index in [0.29, 0.717) is 6.42 Å². The van der Waals surface area contributed by atoms with E-state index < -0.39 is 24.0 Å². The lowest BCUT2D eigenvalue weighted by Crippen LogP contribution is -2.41. The standard InChI is InChI=1S/C23H22N4O6/c1-2-7-18(22(29)30)24-21(28)19-20(27-33-26-19)25-23(31)32-12-17-15-10-5-3-8-13(15)14-9-4-6-11-16(14)17/h3-6,8-11,17-18H,2,7,12H2,1H3,(H,24,28)(H,29,30)(H,25,27,31). The molecule has 0 fully saturated rings. The van der Waals surface area contributed by atoms with Crippen LogP contribution >= 0.6 is 0 Å². The van der Waals surface area contributed by atoms with Crippen LogP contribution in [-0.2, 0) is 9.53 Å². The van der Waals surface area contributed by atoms with E-state index in [1.165, 1.54) is 0 Å². The summed E-state index contributed by atoms with van der Waals surface area (Å²) in [5, 5.41) is 20.9. The Morgan fingerprint density at radius 3 is 2.30 bits per heavy atom. The fourth-order valence-corrected chi connectivity index (χ4v) is 3.92. The van der Waals surface area contributed by atoms with Crippen molar-refractivity contribution in [2.24, 2.45) is 0 Å². The van der Waals surface area contributed by atoms with E-state index in [1.54, 1.807) is 6.92 Å². The highest BCUT2D eigenvalue weighted by Crippen LogP contribution is 2.44. The van der Waals surface area contributed by atoms with Crippen LogP contribution in [0.4, 0.5) is 10.6 Å². The molecular weight excluding hydrogens is 428 g/mol. The predicted octanol–water partition coefficient (Wildman–Crippen LogP) is 3.41. The number of nitrogens with zero attached hydrogens (tertiary/aromatic N) is 2. The molecule has 3 aromatic rings. The number of carboxylic acid groups (broad SMARTS) is 1.